The number of nitrogens with two attached hydrogens (primary N) is 2. The topological polar surface area (TPSA) is 487 Å². The standard InChI is InChI=1S/C54H65N11O18/c1-28(47(75)64-41(54(82)83)22-32-11-17-35(69)18-12-32)58-49(77)37(19-29-5-3-2-4-6-29)62-53(81)42(27-66)65-51(79)38(21-31-9-15-34(68)16-10-31)61-50(78)36(20-30-7-13-33(67)14-8-30)60-45(72)26-57-48(76)40(24-46(73)74)63-52(80)39(23-43(56)70)59-44(71)25-55/h2-18,28,36-42,66-69H,19-27,55H2,1H3,(H2,56,70)(H,57,76)(H,58,77)(H,59,71)(H,60,72)(H,61,78)(H,62,81)(H,63,80)(H,64,75)(H,65,79)(H,73,74)(H,82,83)/t28-,36-,37-,38-,39-,40-,41-,42-/m0/s1. The number of primary amides is 1. The van der Waals surface area contributed by atoms with Crippen molar-refractivity contribution in [2.24, 2.45) is 11.5 Å². The van der Waals surface area contributed by atoms with E-state index < -0.39 is 152 Å². The molecule has 0 heterocycles. The van der Waals surface area contributed by atoms with Crippen molar-refractivity contribution >= 4 is 71.0 Å². The summed E-state index contributed by atoms with van der Waals surface area (Å²) in [4.78, 5) is 157. The van der Waals surface area contributed by atoms with Crippen LogP contribution in [-0.2, 0) is 83.2 Å². The van der Waals surface area contributed by atoms with E-state index >= 15 is 0 Å². The van der Waals surface area contributed by atoms with Crippen LogP contribution in [0.5, 0.6) is 17.2 Å². The smallest absolute Gasteiger partial charge is 0.326 e. The van der Waals surface area contributed by atoms with Gasteiger partial charge in [0.05, 0.1) is 32.5 Å². The van der Waals surface area contributed by atoms with Gasteiger partial charge in [0.25, 0.3) is 0 Å². The molecule has 10 amide bonds. The predicted molar refractivity (Wildman–Crippen MR) is 290 cm³/mol. The summed E-state index contributed by atoms with van der Waals surface area (Å²) in [7, 11) is 0. The number of hydrogen-bond acceptors (Lipinski definition) is 17. The quantitative estimate of drug-likeness (QED) is 0.0219. The molecule has 0 fully saturated rings. The number of carboxylic acid groups (broad SMARTS) is 2. The number of nitrogens with one attached hydrogen (secondary N) is 9. The van der Waals surface area contributed by atoms with Gasteiger partial charge in [-0.05, 0) is 65.6 Å². The number of hydrogen-bond donors (Lipinski definition) is 17. The molecule has 444 valence electrons. The average Bonchev–Trinajstić information content (AvgIpc) is 3.47. The molecule has 0 bridgehead atoms. The van der Waals surface area contributed by atoms with Crippen molar-refractivity contribution in [1.82, 2.24) is 47.9 Å². The van der Waals surface area contributed by atoms with Crippen molar-refractivity contribution in [3.63, 3.8) is 0 Å². The molecule has 0 aliphatic rings. The van der Waals surface area contributed by atoms with E-state index in [0.29, 0.717) is 22.3 Å². The molecule has 0 saturated heterocycles. The van der Waals surface area contributed by atoms with Gasteiger partial charge >= 0.3 is 11.9 Å². The van der Waals surface area contributed by atoms with Crippen molar-refractivity contribution in [2.45, 2.75) is 93.8 Å². The van der Waals surface area contributed by atoms with Gasteiger partial charge in [-0.25, -0.2) is 4.79 Å². The van der Waals surface area contributed by atoms with Crippen LogP contribution in [0, 0.1) is 0 Å². The first-order valence-electron chi connectivity index (χ1n) is 25.4. The first-order valence-corrected chi connectivity index (χ1v) is 25.4. The minimum atomic E-state index is -1.91. The Kier molecular flexibility index (Phi) is 25.3. The Morgan fingerprint density at radius 3 is 1.22 bits per heavy atom. The molecule has 29 heteroatoms. The molecule has 0 aromatic heterocycles. The molecule has 29 nitrogen and oxygen atoms in total. The molecule has 0 unspecified atom stereocenters. The fourth-order valence-electron chi connectivity index (χ4n) is 7.82. The highest BCUT2D eigenvalue weighted by Gasteiger charge is 2.34. The molecular formula is C54H65N11O18. The van der Waals surface area contributed by atoms with Crippen LogP contribution in [0.2, 0.25) is 0 Å². The second-order valence-corrected chi connectivity index (χ2v) is 18.8. The van der Waals surface area contributed by atoms with E-state index in [2.05, 4.69) is 47.9 Å². The summed E-state index contributed by atoms with van der Waals surface area (Å²) < 4.78 is 0. The fraction of sp³-hybridized carbons (Fsp3) is 0.333. The Balaban J connectivity index is 1.55. The van der Waals surface area contributed by atoms with Crippen LogP contribution in [0.25, 0.3) is 0 Å². The number of carbonyl (C=O) groups excluding carboxylic acids is 10. The third kappa shape index (κ3) is 22.5. The third-order valence-electron chi connectivity index (χ3n) is 12.2. The zero-order valence-electron chi connectivity index (χ0n) is 44.5. The number of aliphatic carboxylic acids is 2. The molecule has 4 rings (SSSR count). The zero-order chi connectivity index (χ0) is 61.3. The van der Waals surface area contributed by atoms with Crippen LogP contribution in [0.3, 0.4) is 0 Å². The van der Waals surface area contributed by atoms with Crippen molar-refractivity contribution in [2.75, 3.05) is 19.7 Å². The summed E-state index contributed by atoms with van der Waals surface area (Å²) >= 11 is 0. The Bertz CT molecular complexity index is 2950. The first kappa shape index (κ1) is 65.4. The molecule has 0 spiro atoms. The van der Waals surface area contributed by atoms with E-state index in [9.17, 15) is 88.2 Å². The van der Waals surface area contributed by atoms with Gasteiger partial charge in [-0.3, -0.25) is 52.7 Å². The number of carboxylic acids is 2. The summed E-state index contributed by atoms with van der Waals surface area (Å²) in [5, 5.41) is 80.2. The van der Waals surface area contributed by atoms with E-state index in [1.54, 1.807) is 30.3 Å². The largest absolute Gasteiger partial charge is 0.508 e. The number of phenols is 3. The average molecular weight is 1160 g/mol. The third-order valence-corrected chi connectivity index (χ3v) is 12.2. The van der Waals surface area contributed by atoms with Gasteiger partial charge in [0.1, 0.15) is 65.6 Å². The first-order chi connectivity index (χ1) is 39.3. The highest BCUT2D eigenvalue weighted by Crippen LogP contribution is 2.16. The fourth-order valence-corrected chi connectivity index (χ4v) is 7.82. The normalized spacial score (nSPS) is 13.7. The van der Waals surface area contributed by atoms with Gasteiger partial charge in [0.2, 0.25) is 59.1 Å². The monoisotopic (exact) mass is 1160 g/mol. The van der Waals surface area contributed by atoms with Crippen LogP contribution in [0.1, 0.15) is 42.0 Å². The molecule has 0 aliphatic carbocycles. The number of aromatic hydroxyl groups is 3. The van der Waals surface area contributed by atoms with Crippen molar-refractivity contribution in [1.29, 1.82) is 0 Å². The van der Waals surface area contributed by atoms with E-state index in [-0.39, 0.29) is 42.9 Å². The summed E-state index contributed by atoms with van der Waals surface area (Å²) in [5.41, 5.74) is 12.1. The minimum Gasteiger partial charge on any atom is -0.508 e. The highest BCUT2D eigenvalue weighted by molar-refractivity contribution is 5.99. The minimum absolute atomic E-state index is 0.0655. The van der Waals surface area contributed by atoms with E-state index in [1.165, 1.54) is 79.7 Å². The Labute approximate surface area is 473 Å². The lowest BCUT2D eigenvalue weighted by atomic mass is 10.0. The van der Waals surface area contributed by atoms with Crippen LogP contribution < -0.4 is 59.3 Å². The van der Waals surface area contributed by atoms with Gasteiger partial charge in [-0.2, -0.15) is 0 Å². The van der Waals surface area contributed by atoms with Crippen molar-refractivity contribution in [3.05, 3.63) is 125 Å². The maximum Gasteiger partial charge on any atom is 0.326 e. The van der Waals surface area contributed by atoms with E-state index in [0.717, 1.165) is 0 Å². The molecule has 19 N–H and O–H groups in total. The molecule has 8 atom stereocenters. The number of amides is 10. The van der Waals surface area contributed by atoms with Crippen molar-refractivity contribution < 1.29 is 88.2 Å². The number of benzene rings is 4. The van der Waals surface area contributed by atoms with Gasteiger partial charge in [0, 0.05) is 25.7 Å². The maximum atomic E-state index is 14.3. The van der Waals surface area contributed by atoms with Crippen LogP contribution in [0.15, 0.2) is 103 Å². The SMILES string of the molecule is C[C@H](NC(=O)[C@H](Cc1ccccc1)NC(=O)[C@H](CO)NC(=O)[C@H](Cc1ccc(O)cc1)NC(=O)[C@H](Cc1ccc(O)cc1)NC(=O)CNC(=O)[C@H](CC(=O)O)NC(=O)[C@H](CC(N)=O)NC(=O)CN)C(=O)N[C@@H](Cc1ccc(O)cc1)C(=O)O. The number of rotatable bonds is 32. The van der Waals surface area contributed by atoms with Crippen LogP contribution in [0.4, 0.5) is 0 Å². The molecular weight excluding hydrogens is 1090 g/mol. The molecule has 83 heavy (non-hydrogen) atoms. The maximum absolute atomic E-state index is 14.3. The van der Waals surface area contributed by atoms with Crippen LogP contribution in [-0.4, -0.2) is 170 Å². The van der Waals surface area contributed by atoms with E-state index in [4.69, 9.17) is 11.5 Å². The lowest BCUT2D eigenvalue weighted by Gasteiger charge is -2.27. The Morgan fingerprint density at radius 2 is 0.783 bits per heavy atom. The second kappa shape index (κ2) is 32.2. The zero-order valence-corrected chi connectivity index (χ0v) is 44.5. The van der Waals surface area contributed by atoms with Gasteiger partial charge in [-0.1, -0.05) is 66.7 Å². The lowest BCUT2D eigenvalue weighted by Crippen LogP contribution is -2.61. The van der Waals surface area contributed by atoms with Crippen molar-refractivity contribution in [3.8, 4) is 17.2 Å². The molecule has 0 saturated carbocycles. The Hall–Kier alpha value is -10.2. The van der Waals surface area contributed by atoms with E-state index in [1.807, 2.05) is 0 Å². The summed E-state index contributed by atoms with van der Waals surface area (Å²) in [6, 6.07) is 11.4. The highest BCUT2D eigenvalue weighted by atomic mass is 16.4. The van der Waals surface area contributed by atoms with Gasteiger partial charge in [-0.15, -0.1) is 0 Å². The van der Waals surface area contributed by atoms with Gasteiger partial charge < -0.3 is 90.0 Å². The number of aliphatic hydroxyl groups is 1. The Morgan fingerprint density at radius 1 is 0.422 bits per heavy atom. The number of phenolic OH excluding ortho intramolecular Hbond substituents is 3. The van der Waals surface area contributed by atoms with Gasteiger partial charge in [0.15, 0.2) is 0 Å². The summed E-state index contributed by atoms with van der Waals surface area (Å²) in [6.07, 6.45) is -2.93. The van der Waals surface area contributed by atoms with Crippen LogP contribution >= 0.6 is 0 Å². The molecule has 4 aromatic carbocycles. The molecule has 0 aliphatic heterocycles. The number of aliphatic hydroxyl groups excluding tert-OH is 1. The second-order valence-electron chi connectivity index (χ2n) is 18.8. The summed E-state index contributed by atoms with van der Waals surface area (Å²) in [6.45, 7) is -1.41. The lowest BCUT2D eigenvalue weighted by molar-refractivity contribution is -0.142. The summed E-state index contributed by atoms with van der Waals surface area (Å²) in [5.74, 6) is -14.0. The number of carbonyl (C=O) groups is 12. The molecule has 0 radical (unpaired) electrons. The molecule has 4 aromatic rings. The predicted octanol–water partition coefficient (Wildman–Crippen LogP) is -4.53.